The lowest BCUT2D eigenvalue weighted by Crippen LogP contribution is -2.36. The van der Waals surface area contributed by atoms with Crippen LogP contribution in [0.15, 0.2) is 12.1 Å². The summed E-state index contributed by atoms with van der Waals surface area (Å²) in [6.45, 7) is 3.36. The highest BCUT2D eigenvalue weighted by Crippen LogP contribution is 2.41. The Morgan fingerprint density at radius 1 is 1.33 bits per heavy atom. The number of hydrogen-bond donors (Lipinski definition) is 2. The van der Waals surface area contributed by atoms with Crippen molar-refractivity contribution in [2.45, 2.75) is 19.1 Å². The number of nitro groups is 1. The zero-order chi connectivity index (χ0) is 20.0. The Morgan fingerprint density at radius 3 is 2.63 bits per heavy atom. The first-order valence-corrected chi connectivity index (χ1v) is 9.73. The quantitative estimate of drug-likeness (QED) is 0.246. The summed E-state index contributed by atoms with van der Waals surface area (Å²) in [4.78, 5) is 21.8. The molecule has 0 saturated heterocycles. The number of rotatable bonds is 10. The van der Waals surface area contributed by atoms with Crippen molar-refractivity contribution in [3.05, 3.63) is 27.8 Å². The molecule has 1 aromatic carbocycles. The van der Waals surface area contributed by atoms with E-state index < -0.39 is 26.2 Å². The second kappa shape index (κ2) is 8.97. The number of ether oxygens (including phenoxy) is 3. The second-order valence-electron chi connectivity index (χ2n) is 5.58. The van der Waals surface area contributed by atoms with Gasteiger partial charge >= 0.3 is 5.97 Å². The van der Waals surface area contributed by atoms with Crippen molar-refractivity contribution in [2.24, 2.45) is 0 Å². The number of nitrogens with one attached hydrogen (secondary N) is 2. The molecule has 12 heteroatoms. The third-order valence-corrected chi connectivity index (χ3v) is 5.59. The third-order valence-electron chi connectivity index (χ3n) is 3.80. The maximum absolute atomic E-state index is 12.5. The van der Waals surface area contributed by atoms with Gasteiger partial charge in [0.25, 0.3) is 5.69 Å². The van der Waals surface area contributed by atoms with E-state index in [0.717, 1.165) is 6.07 Å². The maximum atomic E-state index is 12.5. The Labute approximate surface area is 156 Å². The van der Waals surface area contributed by atoms with Crippen LogP contribution in [0.25, 0.3) is 0 Å². The smallest absolute Gasteiger partial charge is 0.319 e. The summed E-state index contributed by atoms with van der Waals surface area (Å²) in [5.41, 5.74) is -0.367. The van der Waals surface area contributed by atoms with E-state index in [0.29, 0.717) is 0 Å². The van der Waals surface area contributed by atoms with Gasteiger partial charge in [-0.1, -0.05) is 0 Å². The van der Waals surface area contributed by atoms with E-state index in [-0.39, 0.29) is 55.8 Å². The molecular weight excluding hydrogens is 382 g/mol. The van der Waals surface area contributed by atoms with Crippen LogP contribution in [-0.2, 0) is 19.6 Å². The zero-order valence-corrected chi connectivity index (χ0v) is 15.7. The van der Waals surface area contributed by atoms with Gasteiger partial charge in [0.1, 0.15) is 5.25 Å². The molecule has 1 unspecified atom stereocenters. The largest absolute Gasteiger partial charge is 0.465 e. The fourth-order valence-electron chi connectivity index (χ4n) is 2.41. The monoisotopic (exact) mass is 403 g/mol. The first kappa shape index (κ1) is 20.9. The van der Waals surface area contributed by atoms with Crippen molar-refractivity contribution < 1.29 is 32.3 Å². The van der Waals surface area contributed by atoms with Crippen molar-refractivity contribution in [3.63, 3.8) is 0 Å². The van der Waals surface area contributed by atoms with Crippen LogP contribution in [0.1, 0.15) is 24.7 Å². The molecule has 0 spiro atoms. The molecule has 0 fully saturated rings. The number of nitro benzene ring substituents is 1. The third kappa shape index (κ3) is 5.28. The van der Waals surface area contributed by atoms with Gasteiger partial charge in [-0.2, -0.15) is 0 Å². The molecule has 1 aromatic rings. The van der Waals surface area contributed by atoms with Crippen LogP contribution in [0.5, 0.6) is 11.5 Å². The number of carbonyl (C=O) groups is 1. The SMILES string of the molecule is CCOC(=O)CNCCNS(=O)(=O)C(C)c1cc2c(cc1[N+](=O)[O-])OCO2. The molecule has 27 heavy (non-hydrogen) atoms. The summed E-state index contributed by atoms with van der Waals surface area (Å²) < 4.78 is 42.3. The fraction of sp³-hybridized carbons (Fsp3) is 0.533. The van der Waals surface area contributed by atoms with Gasteiger partial charge in [0, 0.05) is 13.1 Å². The Hall–Kier alpha value is -2.44. The van der Waals surface area contributed by atoms with Crippen LogP contribution in [0, 0.1) is 10.1 Å². The van der Waals surface area contributed by atoms with E-state index in [2.05, 4.69) is 10.0 Å². The second-order valence-corrected chi connectivity index (χ2v) is 7.67. The Kier molecular flexibility index (Phi) is 6.93. The van der Waals surface area contributed by atoms with Gasteiger partial charge < -0.3 is 19.5 Å². The first-order valence-electron chi connectivity index (χ1n) is 8.19. The molecule has 0 bridgehead atoms. The molecule has 1 aliphatic rings. The molecule has 2 rings (SSSR count). The molecule has 0 aliphatic carbocycles. The van der Waals surface area contributed by atoms with Crippen LogP contribution in [0.2, 0.25) is 0 Å². The van der Waals surface area contributed by atoms with Crippen molar-refractivity contribution in [1.82, 2.24) is 10.0 Å². The minimum absolute atomic E-state index is 0.00349. The van der Waals surface area contributed by atoms with Crippen molar-refractivity contribution >= 4 is 21.7 Å². The van der Waals surface area contributed by atoms with E-state index in [9.17, 15) is 23.3 Å². The van der Waals surface area contributed by atoms with Crippen LogP contribution >= 0.6 is 0 Å². The predicted octanol–water partition coefficient (Wildman–Crippen LogP) is 0.457. The molecule has 11 nitrogen and oxygen atoms in total. The van der Waals surface area contributed by atoms with E-state index >= 15 is 0 Å². The Balaban J connectivity index is 2.02. The Morgan fingerprint density at radius 2 is 2.00 bits per heavy atom. The number of nitrogens with zero attached hydrogens (tertiary/aromatic N) is 1. The summed E-state index contributed by atoms with van der Waals surface area (Å²) in [7, 11) is -3.90. The molecule has 1 atom stereocenters. The molecule has 1 aliphatic heterocycles. The molecule has 0 radical (unpaired) electrons. The van der Waals surface area contributed by atoms with Gasteiger partial charge in [0.2, 0.25) is 16.8 Å². The molecule has 0 aromatic heterocycles. The molecule has 150 valence electrons. The number of hydrogen-bond acceptors (Lipinski definition) is 9. The number of benzene rings is 1. The summed E-state index contributed by atoms with van der Waals surface area (Å²) >= 11 is 0. The van der Waals surface area contributed by atoms with Crippen molar-refractivity contribution in [3.8, 4) is 11.5 Å². The summed E-state index contributed by atoms with van der Waals surface area (Å²) in [5.74, 6) is 0.0182. The zero-order valence-electron chi connectivity index (χ0n) is 14.9. The first-order chi connectivity index (χ1) is 12.8. The minimum Gasteiger partial charge on any atom is -0.465 e. The van der Waals surface area contributed by atoms with Crippen LogP contribution in [-0.4, -0.2) is 52.3 Å². The van der Waals surface area contributed by atoms with E-state index in [4.69, 9.17) is 14.2 Å². The summed E-state index contributed by atoms with van der Waals surface area (Å²) in [5, 5.41) is 12.9. The predicted molar refractivity (Wildman–Crippen MR) is 94.1 cm³/mol. The van der Waals surface area contributed by atoms with Gasteiger partial charge in [0.15, 0.2) is 11.5 Å². The normalized spacial score (nSPS) is 14.0. The van der Waals surface area contributed by atoms with Gasteiger partial charge in [-0.25, -0.2) is 13.1 Å². The summed E-state index contributed by atoms with van der Waals surface area (Å²) in [6.07, 6.45) is 0. The molecule has 2 N–H and O–H groups in total. The summed E-state index contributed by atoms with van der Waals surface area (Å²) in [6, 6.07) is 2.47. The highest BCUT2D eigenvalue weighted by atomic mass is 32.2. The maximum Gasteiger partial charge on any atom is 0.319 e. The van der Waals surface area contributed by atoms with Crippen LogP contribution in [0.4, 0.5) is 5.69 Å². The lowest BCUT2D eigenvalue weighted by Gasteiger charge is -2.15. The van der Waals surface area contributed by atoms with Gasteiger partial charge in [-0.3, -0.25) is 14.9 Å². The van der Waals surface area contributed by atoms with E-state index in [1.807, 2.05) is 0 Å². The average Bonchev–Trinajstić information content (AvgIpc) is 3.07. The number of fused-ring (bicyclic) bond motifs is 1. The molecule has 1 heterocycles. The Bertz CT molecular complexity index is 812. The number of carbonyl (C=O) groups excluding carboxylic acids is 1. The fourth-order valence-corrected chi connectivity index (χ4v) is 3.57. The lowest BCUT2D eigenvalue weighted by atomic mass is 10.1. The van der Waals surface area contributed by atoms with E-state index in [1.165, 1.54) is 13.0 Å². The van der Waals surface area contributed by atoms with Crippen LogP contribution < -0.4 is 19.5 Å². The average molecular weight is 403 g/mol. The highest BCUT2D eigenvalue weighted by molar-refractivity contribution is 7.89. The van der Waals surface area contributed by atoms with Gasteiger partial charge in [-0.15, -0.1) is 0 Å². The van der Waals surface area contributed by atoms with Gasteiger partial charge in [0.05, 0.1) is 29.7 Å². The number of esters is 1. The molecule has 0 amide bonds. The lowest BCUT2D eigenvalue weighted by molar-refractivity contribution is -0.385. The van der Waals surface area contributed by atoms with Crippen molar-refractivity contribution in [1.29, 1.82) is 0 Å². The van der Waals surface area contributed by atoms with Crippen molar-refractivity contribution in [2.75, 3.05) is 33.0 Å². The molecule has 0 saturated carbocycles. The highest BCUT2D eigenvalue weighted by Gasteiger charge is 2.32. The standard InChI is InChI=1S/C15H21N3O8S/c1-3-24-15(19)8-16-4-5-17-27(22,23)10(2)11-6-13-14(26-9-25-13)7-12(11)18(20)21/h6-7,10,16-17H,3-5,8-9H2,1-2H3. The van der Waals surface area contributed by atoms with Gasteiger partial charge in [-0.05, 0) is 19.9 Å². The minimum atomic E-state index is -3.90. The number of sulfonamides is 1. The van der Waals surface area contributed by atoms with Crippen LogP contribution in [0.3, 0.4) is 0 Å². The van der Waals surface area contributed by atoms with E-state index in [1.54, 1.807) is 6.92 Å². The molecular formula is C15H21N3O8S. The topological polar surface area (TPSA) is 146 Å².